The number of alkyl carbamates (subject to hydrolysis) is 1. The SMILES string of the molecule is CCOC(=O)NC(=O)COC(=O)COc1ccc(OC)cc1. The number of rotatable bonds is 7. The highest BCUT2D eigenvalue weighted by Gasteiger charge is 2.11. The van der Waals surface area contributed by atoms with Crippen LogP contribution in [0.15, 0.2) is 24.3 Å². The van der Waals surface area contributed by atoms with Crippen molar-refractivity contribution >= 4 is 18.0 Å². The van der Waals surface area contributed by atoms with Crippen molar-refractivity contribution in [1.82, 2.24) is 5.32 Å². The molecule has 1 aromatic carbocycles. The third kappa shape index (κ3) is 6.60. The predicted molar refractivity (Wildman–Crippen MR) is 74.6 cm³/mol. The molecule has 0 bridgehead atoms. The van der Waals surface area contributed by atoms with E-state index in [0.717, 1.165) is 0 Å². The highest BCUT2D eigenvalue weighted by molar-refractivity contribution is 5.93. The highest BCUT2D eigenvalue weighted by Crippen LogP contribution is 2.16. The fourth-order valence-electron chi connectivity index (χ4n) is 1.32. The van der Waals surface area contributed by atoms with E-state index in [4.69, 9.17) is 9.47 Å². The number of amides is 2. The molecule has 0 fully saturated rings. The van der Waals surface area contributed by atoms with Crippen LogP contribution in [-0.4, -0.2) is 44.9 Å². The van der Waals surface area contributed by atoms with Gasteiger partial charge in [0.25, 0.3) is 5.91 Å². The molecule has 0 unspecified atom stereocenters. The van der Waals surface area contributed by atoms with E-state index < -0.39 is 24.6 Å². The molecule has 1 rings (SSSR count). The van der Waals surface area contributed by atoms with Crippen molar-refractivity contribution in [2.24, 2.45) is 0 Å². The molecule has 2 amide bonds. The third-order valence-corrected chi connectivity index (χ3v) is 2.30. The Kier molecular flexibility index (Phi) is 7.24. The monoisotopic (exact) mass is 311 g/mol. The number of carbonyl (C=O) groups is 3. The van der Waals surface area contributed by atoms with Gasteiger partial charge in [0, 0.05) is 0 Å². The zero-order valence-electron chi connectivity index (χ0n) is 12.3. The maximum Gasteiger partial charge on any atom is 0.413 e. The van der Waals surface area contributed by atoms with Gasteiger partial charge in [-0.3, -0.25) is 10.1 Å². The van der Waals surface area contributed by atoms with E-state index in [2.05, 4.69) is 9.47 Å². The first-order chi connectivity index (χ1) is 10.5. The number of methoxy groups -OCH3 is 1. The minimum atomic E-state index is -0.891. The summed E-state index contributed by atoms with van der Waals surface area (Å²) in [7, 11) is 1.54. The van der Waals surface area contributed by atoms with Crippen molar-refractivity contribution in [3.63, 3.8) is 0 Å². The largest absolute Gasteiger partial charge is 0.497 e. The summed E-state index contributed by atoms with van der Waals surface area (Å²) in [5.74, 6) is -0.412. The van der Waals surface area contributed by atoms with Crippen LogP contribution >= 0.6 is 0 Å². The topological polar surface area (TPSA) is 100 Å². The lowest BCUT2D eigenvalue weighted by Gasteiger charge is -2.08. The van der Waals surface area contributed by atoms with Crippen LogP contribution in [0.5, 0.6) is 11.5 Å². The van der Waals surface area contributed by atoms with Crippen LogP contribution in [-0.2, 0) is 19.1 Å². The molecule has 8 nitrogen and oxygen atoms in total. The zero-order valence-corrected chi connectivity index (χ0v) is 12.3. The molecule has 1 aromatic rings. The first-order valence-corrected chi connectivity index (χ1v) is 6.44. The molecule has 8 heteroatoms. The Hall–Kier alpha value is -2.77. The normalized spacial score (nSPS) is 9.55. The van der Waals surface area contributed by atoms with E-state index in [1.807, 2.05) is 5.32 Å². The lowest BCUT2D eigenvalue weighted by Crippen LogP contribution is -2.35. The van der Waals surface area contributed by atoms with Gasteiger partial charge in [0.2, 0.25) is 0 Å². The Labute approximate surface area is 127 Å². The van der Waals surface area contributed by atoms with E-state index in [-0.39, 0.29) is 13.2 Å². The van der Waals surface area contributed by atoms with Crippen LogP contribution in [0.1, 0.15) is 6.92 Å². The summed E-state index contributed by atoms with van der Waals surface area (Å²) in [6.45, 7) is 0.776. The van der Waals surface area contributed by atoms with Crippen molar-refractivity contribution in [3.05, 3.63) is 24.3 Å². The molecule has 0 saturated heterocycles. The molecule has 0 radical (unpaired) electrons. The molecule has 0 heterocycles. The summed E-state index contributed by atoms with van der Waals surface area (Å²) < 4.78 is 19.3. The fourth-order valence-corrected chi connectivity index (χ4v) is 1.32. The number of hydrogen-bond acceptors (Lipinski definition) is 7. The van der Waals surface area contributed by atoms with Gasteiger partial charge in [-0.15, -0.1) is 0 Å². The molecule has 0 saturated carbocycles. The lowest BCUT2D eigenvalue weighted by atomic mass is 10.3. The van der Waals surface area contributed by atoms with E-state index >= 15 is 0 Å². The minimum Gasteiger partial charge on any atom is -0.497 e. The number of ether oxygens (including phenoxy) is 4. The number of esters is 1. The predicted octanol–water partition coefficient (Wildman–Crippen LogP) is 0.890. The van der Waals surface area contributed by atoms with Crippen LogP contribution in [0.4, 0.5) is 4.79 Å². The molecule has 0 aliphatic carbocycles. The van der Waals surface area contributed by atoms with Crippen LogP contribution in [0.25, 0.3) is 0 Å². The van der Waals surface area contributed by atoms with E-state index in [1.54, 1.807) is 31.2 Å². The molecule has 1 N–H and O–H groups in total. The van der Waals surface area contributed by atoms with Crippen LogP contribution in [0, 0.1) is 0 Å². The smallest absolute Gasteiger partial charge is 0.413 e. The summed E-state index contributed by atoms with van der Waals surface area (Å²) in [6, 6.07) is 6.60. The van der Waals surface area contributed by atoms with Gasteiger partial charge in [0.15, 0.2) is 13.2 Å². The Balaban J connectivity index is 2.25. The highest BCUT2D eigenvalue weighted by atomic mass is 16.6. The van der Waals surface area contributed by atoms with Crippen molar-refractivity contribution in [2.75, 3.05) is 26.9 Å². The number of hydrogen-bond donors (Lipinski definition) is 1. The van der Waals surface area contributed by atoms with Crippen molar-refractivity contribution < 1.29 is 33.3 Å². The minimum absolute atomic E-state index is 0.134. The summed E-state index contributed by atoms with van der Waals surface area (Å²) in [4.78, 5) is 33.6. The van der Waals surface area contributed by atoms with Gasteiger partial charge in [-0.05, 0) is 31.2 Å². The summed E-state index contributed by atoms with van der Waals surface area (Å²) in [5.41, 5.74) is 0. The summed E-state index contributed by atoms with van der Waals surface area (Å²) in [6.07, 6.45) is -0.891. The third-order valence-electron chi connectivity index (χ3n) is 2.30. The van der Waals surface area contributed by atoms with Gasteiger partial charge in [-0.2, -0.15) is 0 Å². The zero-order chi connectivity index (χ0) is 16.4. The second-order valence-electron chi connectivity index (χ2n) is 3.89. The Morgan fingerprint density at radius 1 is 1.00 bits per heavy atom. The van der Waals surface area contributed by atoms with E-state index in [9.17, 15) is 14.4 Å². The first kappa shape index (κ1) is 17.3. The van der Waals surface area contributed by atoms with Gasteiger partial charge in [-0.25, -0.2) is 9.59 Å². The molecule has 120 valence electrons. The van der Waals surface area contributed by atoms with Crippen LogP contribution < -0.4 is 14.8 Å². The second kappa shape index (κ2) is 9.22. The van der Waals surface area contributed by atoms with Crippen molar-refractivity contribution in [3.8, 4) is 11.5 Å². The van der Waals surface area contributed by atoms with E-state index in [1.165, 1.54) is 7.11 Å². The average Bonchev–Trinajstić information content (AvgIpc) is 2.51. The van der Waals surface area contributed by atoms with Gasteiger partial charge >= 0.3 is 12.1 Å². The Morgan fingerprint density at radius 3 is 2.23 bits per heavy atom. The lowest BCUT2D eigenvalue weighted by molar-refractivity contribution is -0.150. The van der Waals surface area contributed by atoms with Gasteiger partial charge in [-0.1, -0.05) is 0 Å². The molecular weight excluding hydrogens is 294 g/mol. The van der Waals surface area contributed by atoms with Crippen LogP contribution in [0.2, 0.25) is 0 Å². The van der Waals surface area contributed by atoms with Crippen molar-refractivity contribution in [1.29, 1.82) is 0 Å². The van der Waals surface area contributed by atoms with Crippen LogP contribution in [0.3, 0.4) is 0 Å². The molecule has 0 aliphatic heterocycles. The fraction of sp³-hybridized carbons (Fsp3) is 0.357. The van der Waals surface area contributed by atoms with Gasteiger partial charge < -0.3 is 18.9 Å². The van der Waals surface area contributed by atoms with Gasteiger partial charge in [0.05, 0.1) is 13.7 Å². The van der Waals surface area contributed by atoms with E-state index in [0.29, 0.717) is 11.5 Å². The number of nitrogens with one attached hydrogen (secondary N) is 1. The molecule has 22 heavy (non-hydrogen) atoms. The standard InChI is InChI=1S/C14H17NO7/c1-3-20-14(18)15-12(16)8-22-13(17)9-21-11-6-4-10(19-2)5-7-11/h4-7H,3,8-9H2,1-2H3,(H,15,16,18). The average molecular weight is 311 g/mol. The Bertz CT molecular complexity index is 512. The molecular formula is C14H17NO7. The quantitative estimate of drug-likeness (QED) is 0.746. The van der Waals surface area contributed by atoms with Crippen molar-refractivity contribution in [2.45, 2.75) is 6.92 Å². The Morgan fingerprint density at radius 2 is 1.64 bits per heavy atom. The van der Waals surface area contributed by atoms with Gasteiger partial charge in [0.1, 0.15) is 11.5 Å². The molecule has 0 aliphatic rings. The first-order valence-electron chi connectivity index (χ1n) is 6.44. The summed E-state index contributed by atoms with van der Waals surface area (Å²) in [5, 5.41) is 1.89. The number of imide groups is 1. The maximum absolute atomic E-state index is 11.4. The molecule has 0 atom stereocenters. The summed E-state index contributed by atoms with van der Waals surface area (Å²) >= 11 is 0. The number of benzene rings is 1. The molecule has 0 spiro atoms. The second-order valence-corrected chi connectivity index (χ2v) is 3.89. The number of carbonyl (C=O) groups excluding carboxylic acids is 3. The molecule has 0 aromatic heterocycles. The maximum atomic E-state index is 11.4.